The molecule has 0 aromatic heterocycles. The van der Waals surface area contributed by atoms with Gasteiger partial charge in [0.25, 0.3) is 0 Å². The van der Waals surface area contributed by atoms with Crippen LogP contribution >= 0.6 is 11.6 Å². The summed E-state index contributed by atoms with van der Waals surface area (Å²) in [5.41, 5.74) is 4.27. The number of nitrogens with one attached hydrogen (secondary N) is 2. The quantitative estimate of drug-likeness (QED) is 0.587. The zero-order valence-electron chi connectivity index (χ0n) is 17.9. The molecule has 0 aliphatic heterocycles. The van der Waals surface area contributed by atoms with Gasteiger partial charge in [-0.1, -0.05) is 23.7 Å². The second-order valence-electron chi connectivity index (χ2n) is 9.39. The van der Waals surface area contributed by atoms with Crippen LogP contribution in [0.25, 0.3) is 0 Å². The van der Waals surface area contributed by atoms with Crippen LogP contribution < -0.4 is 16.4 Å². The Hall–Kier alpha value is -2.55. The largest absolute Gasteiger partial charge is 0.444 e. The maximum absolute atomic E-state index is 13.8. The number of carbonyl (C=O) groups is 3. The van der Waals surface area contributed by atoms with Crippen LogP contribution in [0.4, 0.5) is 14.0 Å². The molecule has 3 saturated carbocycles. The van der Waals surface area contributed by atoms with Crippen LogP contribution in [-0.4, -0.2) is 52.7 Å². The van der Waals surface area contributed by atoms with Crippen molar-refractivity contribution in [2.75, 3.05) is 13.1 Å². The van der Waals surface area contributed by atoms with Gasteiger partial charge >= 0.3 is 12.1 Å². The SMILES string of the molecule is CC(C)(C)OC(=O)NC12CC(N(CCc3cccc(F)c3Cl)C(=O)CNC(N)=O)(C1)C2. The van der Waals surface area contributed by atoms with Gasteiger partial charge in [0.15, 0.2) is 0 Å². The molecule has 10 heteroatoms. The molecule has 3 fully saturated rings. The Bertz CT molecular complexity index is 882. The Morgan fingerprint density at radius 1 is 1.26 bits per heavy atom. The molecular weight excluding hydrogens is 427 g/mol. The number of alkyl carbamates (subject to hydrolysis) is 1. The predicted molar refractivity (Wildman–Crippen MR) is 113 cm³/mol. The van der Waals surface area contributed by atoms with Gasteiger partial charge in [-0.3, -0.25) is 4.79 Å². The smallest absolute Gasteiger partial charge is 0.408 e. The highest BCUT2D eigenvalue weighted by Gasteiger charge is 2.72. The summed E-state index contributed by atoms with van der Waals surface area (Å²) in [6.45, 7) is 5.44. The Balaban J connectivity index is 1.66. The molecule has 0 heterocycles. The van der Waals surface area contributed by atoms with Crippen LogP contribution in [0, 0.1) is 5.82 Å². The number of benzene rings is 1. The minimum Gasteiger partial charge on any atom is -0.444 e. The maximum Gasteiger partial charge on any atom is 0.408 e. The van der Waals surface area contributed by atoms with Gasteiger partial charge in [0.1, 0.15) is 11.4 Å². The second-order valence-corrected chi connectivity index (χ2v) is 9.77. The van der Waals surface area contributed by atoms with Gasteiger partial charge in [0.05, 0.1) is 17.1 Å². The average molecular weight is 455 g/mol. The first-order chi connectivity index (χ1) is 14.3. The molecule has 0 spiro atoms. The fourth-order valence-electron chi connectivity index (χ4n) is 4.53. The van der Waals surface area contributed by atoms with Crippen LogP contribution in [0.3, 0.4) is 0 Å². The Morgan fingerprint density at radius 3 is 2.48 bits per heavy atom. The molecule has 170 valence electrons. The van der Waals surface area contributed by atoms with Crippen molar-refractivity contribution in [2.45, 2.75) is 63.1 Å². The summed E-state index contributed by atoms with van der Waals surface area (Å²) in [4.78, 5) is 37.7. The van der Waals surface area contributed by atoms with E-state index in [4.69, 9.17) is 22.1 Å². The van der Waals surface area contributed by atoms with Crippen molar-refractivity contribution in [3.63, 3.8) is 0 Å². The number of nitrogens with zero attached hydrogens (tertiary/aromatic N) is 1. The summed E-state index contributed by atoms with van der Waals surface area (Å²) in [5.74, 6) is -0.810. The average Bonchev–Trinajstić information content (AvgIpc) is 2.58. The van der Waals surface area contributed by atoms with E-state index in [1.54, 1.807) is 37.8 Å². The number of carbonyl (C=O) groups excluding carboxylic acids is 3. The van der Waals surface area contributed by atoms with Crippen LogP contribution in [0.1, 0.15) is 45.6 Å². The normalized spacial score (nSPS) is 23.8. The first kappa shape index (κ1) is 23.1. The Morgan fingerprint density at radius 2 is 1.90 bits per heavy atom. The van der Waals surface area contributed by atoms with E-state index >= 15 is 0 Å². The molecule has 0 unspecified atom stereocenters. The molecule has 2 bridgehead atoms. The van der Waals surface area contributed by atoms with Gasteiger partial charge in [-0.05, 0) is 58.1 Å². The fourth-order valence-corrected chi connectivity index (χ4v) is 4.75. The van der Waals surface area contributed by atoms with Gasteiger partial charge in [0.2, 0.25) is 5.91 Å². The van der Waals surface area contributed by atoms with Gasteiger partial charge < -0.3 is 26.0 Å². The Kier molecular flexibility index (Phi) is 6.10. The number of ether oxygens (including phenoxy) is 1. The third-order valence-corrected chi connectivity index (χ3v) is 6.12. The van der Waals surface area contributed by atoms with E-state index in [2.05, 4.69) is 10.6 Å². The zero-order valence-corrected chi connectivity index (χ0v) is 18.6. The zero-order chi connectivity index (χ0) is 23.0. The summed E-state index contributed by atoms with van der Waals surface area (Å²) >= 11 is 6.05. The summed E-state index contributed by atoms with van der Waals surface area (Å²) in [6.07, 6.45) is 1.61. The highest BCUT2D eigenvalue weighted by molar-refractivity contribution is 6.31. The van der Waals surface area contributed by atoms with Gasteiger partial charge in [-0.25, -0.2) is 14.0 Å². The number of amides is 4. The van der Waals surface area contributed by atoms with Crippen molar-refractivity contribution in [1.29, 1.82) is 0 Å². The molecular formula is C21H28ClFN4O4. The molecule has 1 aromatic carbocycles. The second kappa shape index (κ2) is 8.18. The fraction of sp³-hybridized carbons (Fsp3) is 0.571. The van der Waals surface area contributed by atoms with E-state index in [0.29, 0.717) is 37.8 Å². The van der Waals surface area contributed by atoms with Gasteiger partial charge in [-0.2, -0.15) is 0 Å². The molecule has 0 radical (unpaired) electrons. The van der Waals surface area contributed by atoms with E-state index in [1.165, 1.54) is 6.07 Å². The number of rotatable bonds is 7. The van der Waals surface area contributed by atoms with Crippen molar-refractivity contribution in [3.05, 3.63) is 34.6 Å². The lowest BCUT2D eigenvalue weighted by Gasteiger charge is -2.73. The van der Waals surface area contributed by atoms with E-state index in [-0.39, 0.29) is 17.5 Å². The van der Waals surface area contributed by atoms with E-state index in [1.807, 2.05) is 0 Å². The van der Waals surface area contributed by atoms with Crippen molar-refractivity contribution in [2.24, 2.45) is 5.73 Å². The number of urea groups is 1. The van der Waals surface area contributed by atoms with Gasteiger partial charge in [0, 0.05) is 12.1 Å². The number of primary amides is 1. The van der Waals surface area contributed by atoms with Gasteiger partial charge in [-0.15, -0.1) is 0 Å². The topological polar surface area (TPSA) is 114 Å². The number of halogens is 2. The van der Waals surface area contributed by atoms with E-state index in [0.717, 1.165) is 0 Å². The van der Waals surface area contributed by atoms with Crippen molar-refractivity contribution >= 4 is 29.6 Å². The molecule has 8 nitrogen and oxygen atoms in total. The van der Waals surface area contributed by atoms with Crippen molar-refractivity contribution in [1.82, 2.24) is 15.5 Å². The molecule has 4 N–H and O–H groups in total. The molecule has 0 saturated heterocycles. The maximum atomic E-state index is 13.8. The van der Waals surface area contributed by atoms with Crippen LogP contribution in [0.5, 0.6) is 0 Å². The summed E-state index contributed by atoms with van der Waals surface area (Å²) < 4.78 is 19.1. The molecule has 4 amide bonds. The van der Waals surface area contributed by atoms with Crippen LogP contribution in [-0.2, 0) is 16.0 Å². The third kappa shape index (κ3) is 5.03. The lowest BCUT2D eigenvalue weighted by Crippen LogP contribution is -2.84. The summed E-state index contributed by atoms with van der Waals surface area (Å²) in [6, 6.07) is 3.77. The minimum absolute atomic E-state index is 0.0332. The minimum atomic E-state index is -0.790. The van der Waals surface area contributed by atoms with Crippen LogP contribution in [0.2, 0.25) is 5.02 Å². The lowest BCUT2D eigenvalue weighted by molar-refractivity contribution is -0.187. The number of hydrogen-bond acceptors (Lipinski definition) is 4. The lowest BCUT2D eigenvalue weighted by atomic mass is 9.43. The van der Waals surface area contributed by atoms with E-state index in [9.17, 15) is 18.8 Å². The molecule has 1 aromatic rings. The van der Waals surface area contributed by atoms with Crippen LogP contribution in [0.15, 0.2) is 18.2 Å². The summed E-state index contributed by atoms with van der Waals surface area (Å²) in [5, 5.41) is 5.27. The molecule has 3 aliphatic rings. The van der Waals surface area contributed by atoms with Crippen molar-refractivity contribution in [3.8, 4) is 0 Å². The first-order valence-electron chi connectivity index (χ1n) is 10.1. The van der Waals surface area contributed by atoms with Crippen molar-refractivity contribution < 1.29 is 23.5 Å². The highest BCUT2D eigenvalue weighted by Crippen LogP contribution is 2.63. The molecule has 31 heavy (non-hydrogen) atoms. The van der Waals surface area contributed by atoms with E-state index < -0.39 is 34.6 Å². The first-order valence-corrected chi connectivity index (χ1v) is 10.5. The number of nitrogens with two attached hydrogens (primary N) is 1. The standard InChI is InChI=1S/C21H28ClFN4O4/c1-19(2,3)31-18(30)26-20-10-21(11-20,12-20)27(15(28)9-25-17(24)29)8-7-13-5-4-6-14(23)16(13)22/h4-6H,7-12H2,1-3H3,(H,26,30)(H3,24,25,29). The summed E-state index contributed by atoms with van der Waals surface area (Å²) in [7, 11) is 0. The molecule has 0 atom stereocenters. The third-order valence-electron chi connectivity index (χ3n) is 5.69. The Labute approximate surface area is 185 Å². The highest BCUT2D eigenvalue weighted by atomic mass is 35.5. The monoisotopic (exact) mass is 454 g/mol. The predicted octanol–water partition coefficient (Wildman–Crippen LogP) is 2.72. The molecule has 4 rings (SSSR count). The number of hydrogen-bond donors (Lipinski definition) is 3. The molecule has 3 aliphatic carbocycles.